The van der Waals surface area contributed by atoms with Crippen molar-refractivity contribution in [1.29, 1.82) is 0 Å². The van der Waals surface area contributed by atoms with E-state index in [9.17, 15) is 13.2 Å². The van der Waals surface area contributed by atoms with Gasteiger partial charge in [0.25, 0.3) is 5.91 Å². The first kappa shape index (κ1) is 21.8. The Kier molecular flexibility index (Phi) is 6.07. The van der Waals surface area contributed by atoms with E-state index in [0.717, 1.165) is 11.4 Å². The lowest BCUT2D eigenvalue weighted by Crippen LogP contribution is -2.50. The zero-order valence-corrected chi connectivity index (χ0v) is 19.0. The van der Waals surface area contributed by atoms with Gasteiger partial charge in [-0.15, -0.1) is 0 Å². The monoisotopic (exact) mass is 478 g/mol. The molecule has 0 saturated carbocycles. The summed E-state index contributed by atoms with van der Waals surface area (Å²) in [5, 5.41) is 4.93. The fraction of sp³-hybridized carbons (Fsp3) is 0.238. The van der Waals surface area contributed by atoms with Gasteiger partial charge >= 0.3 is 0 Å². The van der Waals surface area contributed by atoms with Crippen molar-refractivity contribution in [1.82, 2.24) is 19.0 Å². The molecule has 2 heterocycles. The summed E-state index contributed by atoms with van der Waals surface area (Å²) < 4.78 is 28.9. The standard InChI is InChI=1S/C21H20Cl2N4O3S/c1-15-13-20(24-27(15)16-5-3-2-4-6-16)21(28)25-9-11-26(12-10-25)31(29,30)17-7-8-18(22)19(23)14-17/h2-8,13-14H,9-12H2,1H3. The zero-order chi connectivity index (χ0) is 22.2. The molecule has 0 N–H and O–H groups in total. The molecule has 1 aliphatic heterocycles. The van der Waals surface area contributed by atoms with E-state index in [1.165, 1.54) is 22.5 Å². The van der Waals surface area contributed by atoms with Crippen molar-refractivity contribution in [2.45, 2.75) is 11.8 Å². The molecular weight excluding hydrogens is 459 g/mol. The molecule has 31 heavy (non-hydrogen) atoms. The largest absolute Gasteiger partial charge is 0.335 e. The highest BCUT2D eigenvalue weighted by Gasteiger charge is 2.31. The molecule has 2 aromatic carbocycles. The molecule has 0 bridgehead atoms. The minimum absolute atomic E-state index is 0.0823. The fourth-order valence-corrected chi connectivity index (χ4v) is 5.30. The third-order valence-electron chi connectivity index (χ3n) is 5.16. The third kappa shape index (κ3) is 4.34. The van der Waals surface area contributed by atoms with Crippen molar-refractivity contribution in [2.75, 3.05) is 26.2 Å². The smallest absolute Gasteiger partial charge is 0.274 e. The highest BCUT2D eigenvalue weighted by molar-refractivity contribution is 7.89. The molecule has 0 radical (unpaired) electrons. The number of rotatable bonds is 4. The van der Waals surface area contributed by atoms with E-state index in [0.29, 0.717) is 10.7 Å². The second-order valence-corrected chi connectivity index (χ2v) is 9.94. The molecule has 1 saturated heterocycles. The number of benzene rings is 2. The maximum Gasteiger partial charge on any atom is 0.274 e. The van der Waals surface area contributed by atoms with Gasteiger partial charge in [0, 0.05) is 31.9 Å². The van der Waals surface area contributed by atoms with Gasteiger partial charge in [0.1, 0.15) is 0 Å². The van der Waals surface area contributed by atoms with Gasteiger partial charge < -0.3 is 4.90 Å². The first-order chi connectivity index (χ1) is 14.8. The van der Waals surface area contributed by atoms with Crippen molar-refractivity contribution in [3.8, 4) is 5.69 Å². The summed E-state index contributed by atoms with van der Waals surface area (Å²) in [6.45, 7) is 2.81. The average molecular weight is 479 g/mol. The van der Waals surface area contributed by atoms with Crippen LogP contribution in [0.15, 0.2) is 59.5 Å². The Morgan fingerprint density at radius 2 is 1.61 bits per heavy atom. The molecule has 0 unspecified atom stereocenters. The molecule has 0 aliphatic carbocycles. The van der Waals surface area contributed by atoms with Gasteiger partial charge in [0.2, 0.25) is 10.0 Å². The molecule has 1 aliphatic rings. The molecule has 1 aromatic heterocycles. The van der Waals surface area contributed by atoms with Crippen LogP contribution in [0.1, 0.15) is 16.2 Å². The minimum atomic E-state index is -3.72. The molecule has 162 valence electrons. The van der Waals surface area contributed by atoms with Crippen LogP contribution in [0, 0.1) is 6.92 Å². The molecule has 0 atom stereocenters. The van der Waals surface area contributed by atoms with Crippen LogP contribution in [0.4, 0.5) is 0 Å². The van der Waals surface area contributed by atoms with Crippen LogP contribution in [-0.4, -0.2) is 59.5 Å². The van der Waals surface area contributed by atoms with Crippen LogP contribution in [0.3, 0.4) is 0 Å². The van der Waals surface area contributed by atoms with E-state index in [2.05, 4.69) is 5.10 Å². The van der Waals surface area contributed by atoms with Crippen molar-refractivity contribution in [3.05, 3.63) is 76.0 Å². The highest BCUT2D eigenvalue weighted by atomic mass is 35.5. The van der Waals surface area contributed by atoms with E-state index < -0.39 is 10.0 Å². The van der Waals surface area contributed by atoms with E-state index >= 15 is 0 Å². The molecule has 0 spiro atoms. The molecular formula is C21H20Cl2N4O3S. The predicted molar refractivity (Wildman–Crippen MR) is 119 cm³/mol. The lowest BCUT2D eigenvalue weighted by atomic mass is 10.3. The minimum Gasteiger partial charge on any atom is -0.335 e. The number of sulfonamides is 1. The van der Waals surface area contributed by atoms with Crippen LogP contribution in [0.5, 0.6) is 0 Å². The Hall–Kier alpha value is -2.39. The zero-order valence-electron chi connectivity index (χ0n) is 16.7. The van der Waals surface area contributed by atoms with Crippen molar-refractivity contribution in [3.63, 3.8) is 0 Å². The van der Waals surface area contributed by atoms with Gasteiger partial charge in [-0.1, -0.05) is 41.4 Å². The lowest BCUT2D eigenvalue weighted by Gasteiger charge is -2.33. The topological polar surface area (TPSA) is 75.5 Å². The number of aryl methyl sites for hydroxylation is 1. The maximum absolute atomic E-state index is 13.0. The Balaban J connectivity index is 1.46. The number of hydrogen-bond donors (Lipinski definition) is 0. The first-order valence-corrected chi connectivity index (χ1v) is 11.8. The molecule has 4 rings (SSSR count). The Bertz CT molecular complexity index is 1220. The van der Waals surface area contributed by atoms with Crippen LogP contribution < -0.4 is 0 Å². The van der Waals surface area contributed by atoms with Gasteiger partial charge in [-0.2, -0.15) is 9.40 Å². The quantitative estimate of drug-likeness (QED) is 0.573. The number of piperazine rings is 1. The number of nitrogens with zero attached hydrogens (tertiary/aromatic N) is 4. The second-order valence-electron chi connectivity index (χ2n) is 7.19. The Labute approximate surface area is 190 Å². The Morgan fingerprint density at radius 3 is 2.26 bits per heavy atom. The normalized spacial score (nSPS) is 15.3. The second kappa shape index (κ2) is 8.63. The number of aromatic nitrogens is 2. The predicted octanol–water partition coefficient (Wildman–Crippen LogP) is 3.63. The van der Waals surface area contributed by atoms with Crippen molar-refractivity contribution in [2.24, 2.45) is 0 Å². The number of carbonyl (C=O) groups is 1. The summed E-state index contributed by atoms with van der Waals surface area (Å²) in [6.07, 6.45) is 0. The molecule has 1 amide bonds. The van der Waals surface area contributed by atoms with Crippen molar-refractivity contribution < 1.29 is 13.2 Å². The van der Waals surface area contributed by atoms with E-state index in [-0.39, 0.29) is 42.0 Å². The first-order valence-electron chi connectivity index (χ1n) is 9.64. The number of amides is 1. The number of halogens is 2. The van der Waals surface area contributed by atoms with E-state index in [1.54, 1.807) is 15.6 Å². The van der Waals surface area contributed by atoms with Gasteiger partial charge in [-0.25, -0.2) is 13.1 Å². The number of para-hydroxylation sites is 1. The molecule has 7 nitrogen and oxygen atoms in total. The highest BCUT2D eigenvalue weighted by Crippen LogP contribution is 2.27. The van der Waals surface area contributed by atoms with E-state index in [1.807, 2.05) is 37.3 Å². The molecule has 10 heteroatoms. The van der Waals surface area contributed by atoms with Gasteiger partial charge in [-0.05, 0) is 43.3 Å². The van der Waals surface area contributed by atoms with Crippen molar-refractivity contribution >= 4 is 39.1 Å². The number of carbonyl (C=O) groups excluding carboxylic acids is 1. The summed E-state index contributed by atoms with van der Waals surface area (Å²) in [5.41, 5.74) is 2.05. The van der Waals surface area contributed by atoms with Crippen LogP contribution >= 0.6 is 23.2 Å². The van der Waals surface area contributed by atoms with Gasteiger partial charge in [-0.3, -0.25) is 4.79 Å². The summed E-state index contributed by atoms with van der Waals surface area (Å²) in [5.74, 6) is -0.218. The van der Waals surface area contributed by atoms with Gasteiger partial charge in [0.15, 0.2) is 5.69 Å². The van der Waals surface area contributed by atoms with Gasteiger partial charge in [0.05, 0.1) is 20.6 Å². The summed E-state index contributed by atoms with van der Waals surface area (Å²) in [6, 6.07) is 15.5. The third-order valence-corrected chi connectivity index (χ3v) is 7.80. The van der Waals surface area contributed by atoms with E-state index in [4.69, 9.17) is 23.2 Å². The summed E-state index contributed by atoms with van der Waals surface area (Å²) in [7, 11) is -3.72. The maximum atomic E-state index is 13.0. The lowest BCUT2D eigenvalue weighted by molar-refractivity contribution is 0.0691. The molecule has 3 aromatic rings. The van der Waals surface area contributed by atoms with Crippen LogP contribution in [0.25, 0.3) is 5.69 Å². The fourth-order valence-electron chi connectivity index (χ4n) is 3.49. The Morgan fingerprint density at radius 1 is 0.935 bits per heavy atom. The van der Waals surface area contributed by atoms with Crippen LogP contribution in [-0.2, 0) is 10.0 Å². The van der Waals surface area contributed by atoms with Crippen LogP contribution in [0.2, 0.25) is 10.0 Å². The summed E-state index contributed by atoms with van der Waals surface area (Å²) >= 11 is 11.9. The average Bonchev–Trinajstić information content (AvgIpc) is 3.17. The summed E-state index contributed by atoms with van der Waals surface area (Å²) in [4.78, 5) is 14.7. The number of hydrogen-bond acceptors (Lipinski definition) is 4. The molecule has 1 fully saturated rings. The SMILES string of the molecule is Cc1cc(C(=O)N2CCN(S(=O)(=O)c3ccc(Cl)c(Cl)c3)CC2)nn1-c1ccccc1.